The van der Waals surface area contributed by atoms with Crippen molar-refractivity contribution in [3.05, 3.63) is 63.1 Å². The average molecular weight is 530 g/mol. The van der Waals surface area contributed by atoms with Gasteiger partial charge in [-0.2, -0.15) is 13.2 Å². The van der Waals surface area contributed by atoms with Crippen LogP contribution in [0.4, 0.5) is 13.2 Å². The van der Waals surface area contributed by atoms with Crippen LogP contribution in [0.2, 0.25) is 10.0 Å². The lowest BCUT2D eigenvalue weighted by atomic mass is 9.94. The lowest BCUT2D eigenvalue weighted by Crippen LogP contribution is -2.41. The Labute approximate surface area is 200 Å². The molecule has 1 unspecified atom stereocenters. The summed E-state index contributed by atoms with van der Waals surface area (Å²) in [6.07, 6.45) is -3.29. The van der Waals surface area contributed by atoms with Gasteiger partial charge in [0.25, 0.3) is 0 Å². The maximum atomic E-state index is 13.6. The van der Waals surface area contributed by atoms with Crippen LogP contribution in [0, 0.1) is 0 Å². The Morgan fingerprint density at radius 1 is 1.03 bits per heavy atom. The molecular formula is C21H25Cl2F3NO5P. The molecule has 0 amide bonds. The predicted molar refractivity (Wildman–Crippen MR) is 121 cm³/mol. The smallest absolute Gasteiger partial charge is 0.469 e. The van der Waals surface area contributed by atoms with Crippen LogP contribution >= 0.6 is 31.0 Å². The molecule has 184 valence electrons. The highest BCUT2D eigenvalue weighted by Crippen LogP contribution is 2.38. The lowest BCUT2D eigenvalue weighted by molar-refractivity contribution is -0.139. The van der Waals surface area contributed by atoms with E-state index in [4.69, 9.17) is 43.5 Å². The highest BCUT2D eigenvalue weighted by molar-refractivity contribution is 7.46. The zero-order valence-electron chi connectivity index (χ0n) is 17.7. The highest BCUT2D eigenvalue weighted by atomic mass is 35.5. The first-order chi connectivity index (χ1) is 15.2. The molecule has 0 fully saturated rings. The maximum Gasteiger partial charge on any atom is 0.469 e. The molecule has 2 rings (SSSR count). The molecule has 0 aliphatic heterocycles. The van der Waals surface area contributed by atoms with Crippen molar-refractivity contribution in [1.29, 1.82) is 0 Å². The minimum atomic E-state index is -4.69. The van der Waals surface area contributed by atoms with E-state index in [9.17, 15) is 17.7 Å². The molecule has 0 aliphatic rings. The Kier molecular flexibility index (Phi) is 9.65. The van der Waals surface area contributed by atoms with E-state index < -0.39 is 31.7 Å². The fraction of sp³-hybridized carbons (Fsp3) is 0.429. The number of phosphoric acid groups is 1. The van der Waals surface area contributed by atoms with Crippen molar-refractivity contribution in [3.63, 3.8) is 0 Å². The fourth-order valence-electron chi connectivity index (χ4n) is 2.97. The van der Waals surface area contributed by atoms with Gasteiger partial charge in [0, 0.05) is 5.54 Å². The molecule has 12 heteroatoms. The molecule has 2 aromatic rings. The lowest BCUT2D eigenvalue weighted by Gasteiger charge is -2.24. The Hall–Kier alpha value is -1.32. The van der Waals surface area contributed by atoms with Crippen molar-refractivity contribution in [2.24, 2.45) is 5.73 Å². The summed E-state index contributed by atoms with van der Waals surface area (Å²) in [4.78, 5) is 17.6. The fourth-order valence-corrected chi connectivity index (χ4v) is 3.75. The van der Waals surface area contributed by atoms with Gasteiger partial charge >= 0.3 is 14.0 Å². The van der Waals surface area contributed by atoms with Gasteiger partial charge in [-0.15, -0.1) is 0 Å². The molecule has 4 N–H and O–H groups in total. The summed E-state index contributed by atoms with van der Waals surface area (Å²) in [6, 6.07) is 8.91. The molecule has 0 saturated carbocycles. The second kappa shape index (κ2) is 11.4. The Morgan fingerprint density at radius 3 is 2.27 bits per heavy atom. The van der Waals surface area contributed by atoms with E-state index in [1.165, 1.54) is 19.1 Å². The van der Waals surface area contributed by atoms with Crippen LogP contribution in [0.1, 0.15) is 36.5 Å². The second-order valence-electron chi connectivity index (χ2n) is 7.95. The van der Waals surface area contributed by atoms with Crippen LogP contribution in [0.3, 0.4) is 0 Å². The minimum Gasteiger partial charge on any atom is -0.493 e. The van der Waals surface area contributed by atoms with E-state index in [2.05, 4.69) is 4.52 Å². The molecular weight excluding hydrogens is 505 g/mol. The van der Waals surface area contributed by atoms with Crippen molar-refractivity contribution in [2.45, 2.75) is 44.3 Å². The van der Waals surface area contributed by atoms with Crippen LogP contribution in [0.25, 0.3) is 0 Å². The standard InChI is InChI=1S/C21H25Cl2F3NO5P/c1-20(27,13-32-33(28,29)30)9-8-15-5-7-19(16(11-15)21(24,25)26)31-10-2-3-14-4-6-17(22)18(23)12-14/h4-7,11-12H,2-3,8-10,13,27H2,1H3,(H2,28,29,30). The number of halogens is 5. The van der Waals surface area contributed by atoms with E-state index in [0.29, 0.717) is 28.5 Å². The summed E-state index contributed by atoms with van der Waals surface area (Å²) in [5.41, 5.74) is 5.15. The summed E-state index contributed by atoms with van der Waals surface area (Å²) < 4.78 is 61.4. The topological polar surface area (TPSA) is 102 Å². The van der Waals surface area contributed by atoms with Crippen molar-refractivity contribution < 1.29 is 36.8 Å². The molecule has 0 radical (unpaired) electrons. The van der Waals surface area contributed by atoms with Crippen LogP contribution in [0.5, 0.6) is 5.75 Å². The van der Waals surface area contributed by atoms with E-state index in [-0.39, 0.29) is 25.2 Å². The zero-order chi connectivity index (χ0) is 24.9. The van der Waals surface area contributed by atoms with Gasteiger partial charge in [-0.3, -0.25) is 4.52 Å². The number of nitrogens with two attached hydrogens (primary N) is 1. The first-order valence-electron chi connectivity index (χ1n) is 9.92. The van der Waals surface area contributed by atoms with E-state index in [1.54, 1.807) is 18.2 Å². The quantitative estimate of drug-likeness (QED) is 0.252. The number of alkyl halides is 3. The third-order valence-electron chi connectivity index (χ3n) is 4.75. The predicted octanol–water partition coefficient (Wildman–Crippen LogP) is 5.78. The van der Waals surface area contributed by atoms with Gasteiger partial charge in [0.05, 0.1) is 28.8 Å². The largest absolute Gasteiger partial charge is 0.493 e. The monoisotopic (exact) mass is 529 g/mol. The molecule has 0 saturated heterocycles. The van der Waals surface area contributed by atoms with Gasteiger partial charge in [0.15, 0.2) is 0 Å². The molecule has 0 aliphatic carbocycles. The van der Waals surface area contributed by atoms with Gasteiger partial charge in [-0.05, 0) is 68.0 Å². The second-order valence-corrected chi connectivity index (χ2v) is 10.0. The van der Waals surface area contributed by atoms with E-state index >= 15 is 0 Å². The third kappa shape index (κ3) is 9.83. The Balaban J connectivity index is 1.99. The van der Waals surface area contributed by atoms with Crippen LogP contribution in [-0.4, -0.2) is 28.5 Å². The van der Waals surface area contributed by atoms with Crippen LogP contribution < -0.4 is 10.5 Å². The van der Waals surface area contributed by atoms with Crippen molar-refractivity contribution in [3.8, 4) is 5.75 Å². The number of hydrogen-bond acceptors (Lipinski definition) is 4. The summed E-state index contributed by atoms with van der Waals surface area (Å²) >= 11 is 11.8. The van der Waals surface area contributed by atoms with Gasteiger partial charge in [0.2, 0.25) is 0 Å². The summed E-state index contributed by atoms with van der Waals surface area (Å²) in [7, 11) is -4.69. The normalized spacial score (nSPS) is 14.2. The first kappa shape index (κ1) is 27.9. The van der Waals surface area contributed by atoms with Gasteiger partial charge in [-0.1, -0.05) is 35.3 Å². The van der Waals surface area contributed by atoms with Crippen molar-refractivity contribution >= 4 is 31.0 Å². The zero-order valence-corrected chi connectivity index (χ0v) is 20.1. The number of benzene rings is 2. The van der Waals surface area contributed by atoms with E-state index in [0.717, 1.165) is 11.6 Å². The molecule has 2 aromatic carbocycles. The highest BCUT2D eigenvalue weighted by Gasteiger charge is 2.35. The molecule has 33 heavy (non-hydrogen) atoms. The van der Waals surface area contributed by atoms with Gasteiger partial charge in [-0.25, -0.2) is 4.57 Å². The summed E-state index contributed by atoms with van der Waals surface area (Å²) in [5.74, 6) is -0.277. The van der Waals surface area contributed by atoms with Gasteiger partial charge in [0.1, 0.15) is 5.75 Å². The number of hydrogen-bond donors (Lipinski definition) is 3. The van der Waals surface area contributed by atoms with Gasteiger partial charge < -0.3 is 20.3 Å². The molecule has 6 nitrogen and oxygen atoms in total. The molecule has 0 bridgehead atoms. The van der Waals surface area contributed by atoms with Crippen molar-refractivity contribution in [2.75, 3.05) is 13.2 Å². The Bertz CT molecular complexity index is 998. The third-order valence-corrected chi connectivity index (χ3v) is 5.95. The number of ether oxygens (including phenoxy) is 1. The van der Waals surface area contributed by atoms with E-state index in [1.807, 2.05) is 0 Å². The average Bonchev–Trinajstić information content (AvgIpc) is 2.70. The number of rotatable bonds is 11. The molecule has 0 aromatic heterocycles. The molecule has 0 spiro atoms. The van der Waals surface area contributed by atoms with Crippen LogP contribution in [-0.2, 0) is 28.1 Å². The Morgan fingerprint density at radius 2 is 1.67 bits per heavy atom. The summed E-state index contributed by atoms with van der Waals surface area (Å²) in [5, 5.41) is 0.836. The maximum absolute atomic E-state index is 13.6. The molecule has 0 heterocycles. The number of aryl methyl sites for hydroxylation is 2. The van der Waals surface area contributed by atoms with Crippen molar-refractivity contribution in [1.82, 2.24) is 0 Å². The minimum absolute atomic E-state index is 0.0727. The number of phosphoric ester groups is 1. The summed E-state index contributed by atoms with van der Waals surface area (Å²) in [6.45, 7) is 1.13. The first-order valence-corrected chi connectivity index (χ1v) is 12.2. The van der Waals surface area contributed by atoms with Crippen LogP contribution in [0.15, 0.2) is 36.4 Å². The molecule has 1 atom stereocenters. The SMILES string of the molecule is CC(N)(CCc1ccc(OCCCc2ccc(Cl)c(Cl)c2)c(C(F)(F)F)c1)COP(=O)(O)O.